The molecule has 0 radical (unpaired) electrons. The van der Waals surface area contributed by atoms with E-state index < -0.39 is 0 Å². The van der Waals surface area contributed by atoms with Crippen LogP contribution in [0.15, 0.2) is 22.7 Å². The van der Waals surface area contributed by atoms with E-state index in [1.165, 1.54) is 0 Å². The van der Waals surface area contributed by atoms with Gasteiger partial charge in [0.05, 0.1) is 31.0 Å². The van der Waals surface area contributed by atoms with Crippen LogP contribution < -0.4 is 0 Å². The number of hydrogen-bond donors (Lipinski definition) is 1. The molecule has 1 heterocycles. The van der Waals surface area contributed by atoms with Crippen molar-refractivity contribution in [1.29, 1.82) is 5.26 Å². The van der Waals surface area contributed by atoms with Crippen molar-refractivity contribution in [1.82, 2.24) is 4.90 Å². The quantitative estimate of drug-likeness (QED) is 0.922. The molecule has 0 aromatic heterocycles. The fourth-order valence-electron chi connectivity index (χ4n) is 2.17. The van der Waals surface area contributed by atoms with E-state index in [4.69, 9.17) is 10.00 Å². The zero-order valence-corrected chi connectivity index (χ0v) is 12.4. The molecule has 1 aromatic rings. The molecule has 0 unspecified atom stereocenters. The average molecular weight is 325 g/mol. The summed E-state index contributed by atoms with van der Waals surface area (Å²) in [6.07, 6.45) is -0.103. The Labute approximate surface area is 121 Å². The minimum atomic E-state index is -0.103. The summed E-state index contributed by atoms with van der Waals surface area (Å²) in [7, 11) is 0. The SMILES string of the molecule is C[C@H]1CO[C@@H](CO)CN1Cc1ccc(C#N)cc1Br. The third kappa shape index (κ3) is 3.54. The highest BCUT2D eigenvalue weighted by Crippen LogP contribution is 2.22. The number of aliphatic hydroxyl groups excluding tert-OH is 1. The topological polar surface area (TPSA) is 56.5 Å². The molecular formula is C14H17BrN2O2. The molecule has 1 fully saturated rings. The number of nitriles is 1. The lowest BCUT2D eigenvalue weighted by atomic mass is 10.1. The molecule has 5 heteroatoms. The molecule has 1 aliphatic heterocycles. The van der Waals surface area contributed by atoms with E-state index in [0.717, 1.165) is 23.1 Å². The number of nitrogens with zero attached hydrogens (tertiary/aromatic N) is 2. The summed E-state index contributed by atoms with van der Waals surface area (Å²) in [5.74, 6) is 0. The number of morpholine rings is 1. The lowest BCUT2D eigenvalue weighted by Gasteiger charge is -2.37. The van der Waals surface area contributed by atoms with Crippen LogP contribution in [-0.2, 0) is 11.3 Å². The van der Waals surface area contributed by atoms with E-state index in [2.05, 4.69) is 33.8 Å². The zero-order valence-electron chi connectivity index (χ0n) is 10.8. The van der Waals surface area contributed by atoms with Gasteiger partial charge in [0.1, 0.15) is 0 Å². The van der Waals surface area contributed by atoms with Gasteiger partial charge in [-0.25, -0.2) is 0 Å². The van der Waals surface area contributed by atoms with Gasteiger partial charge in [0, 0.05) is 23.6 Å². The highest BCUT2D eigenvalue weighted by atomic mass is 79.9. The Morgan fingerprint density at radius 3 is 3.00 bits per heavy atom. The number of rotatable bonds is 3. The molecule has 19 heavy (non-hydrogen) atoms. The van der Waals surface area contributed by atoms with Crippen molar-refractivity contribution in [2.75, 3.05) is 19.8 Å². The normalized spacial score (nSPS) is 24.1. The Bertz CT molecular complexity index is 487. The lowest BCUT2D eigenvalue weighted by Crippen LogP contribution is -2.48. The average Bonchev–Trinajstić information content (AvgIpc) is 2.43. The molecule has 1 N–H and O–H groups in total. The zero-order chi connectivity index (χ0) is 13.8. The van der Waals surface area contributed by atoms with Gasteiger partial charge in [0.2, 0.25) is 0 Å². The molecular weight excluding hydrogens is 308 g/mol. The molecule has 2 atom stereocenters. The molecule has 4 nitrogen and oxygen atoms in total. The third-order valence-electron chi connectivity index (χ3n) is 3.39. The number of ether oxygens (including phenoxy) is 1. The van der Waals surface area contributed by atoms with Crippen molar-refractivity contribution in [2.24, 2.45) is 0 Å². The molecule has 0 spiro atoms. The first kappa shape index (κ1) is 14.5. The van der Waals surface area contributed by atoms with E-state index in [-0.39, 0.29) is 12.7 Å². The summed E-state index contributed by atoms with van der Waals surface area (Å²) in [4.78, 5) is 2.29. The van der Waals surface area contributed by atoms with Crippen LogP contribution in [0.25, 0.3) is 0 Å². The molecule has 1 saturated heterocycles. The predicted molar refractivity (Wildman–Crippen MR) is 75.6 cm³/mol. The molecule has 0 amide bonds. The van der Waals surface area contributed by atoms with Gasteiger partial charge in [-0.15, -0.1) is 0 Å². The summed E-state index contributed by atoms with van der Waals surface area (Å²) in [6, 6.07) is 8.09. The van der Waals surface area contributed by atoms with Crippen LogP contribution in [-0.4, -0.2) is 41.9 Å². The Balaban J connectivity index is 2.09. The summed E-state index contributed by atoms with van der Waals surface area (Å²) in [5, 5.41) is 18.0. The number of halogens is 1. The summed E-state index contributed by atoms with van der Waals surface area (Å²) in [5.41, 5.74) is 1.79. The van der Waals surface area contributed by atoms with Crippen molar-refractivity contribution < 1.29 is 9.84 Å². The Hall–Kier alpha value is -0.930. The van der Waals surface area contributed by atoms with Crippen molar-refractivity contribution in [3.63, 3.8) is 0 Å². The predicted octanol–water partition coefficient (Wildman–Crippen LogP) is 1.90. The molecule has 1 aliphatic rings. The monoisotopic (exact) mass is 324 g/mol. The van der Waals surface area contributed by atoms with Gasteiger partial charge in [0.15, 0.2) is 0 Å². The van der Waals surface area contributed by atoms with Crippen LogP contribution in [0.2, 0.25) is 0 Å². The van der Waals surface area contributed by atoms with Crippen LogP contribution in [0.5, 0.6) is 0 Å². The molecule has 1 aromatic carbocycles. The Kier molecular flexibility index (Phi) is 4.94. The van der Waals surface area contributed by atoms with Gasteiger partial charge >= 0.3 is 0 Å². The maximum Gasteiger partial charge on any atom is 0.0992 e. The van der Waals surface area contributed by atoms with Crippen LogP contribution in [0.4, 0.5) is 0 Å². The summed E-state index contributed by atoms with van der Waals surface area (Å²) >= 11 is 3.51. The minimum Gasteiger partial charge on any atom is -0.394 e. The first-order valence-electron chi connectivity index (χ1n) is 6.29. The lowest BCUT2D eigenvalue weighted by molar-refractivity contribution is -0.0806. The molecule has 2 rings (SSSR count). The second-order valence-corrected chi connectivity index (χ2v) is 5.69. The van der Waals surface area contributed by atoms with Crippen LogP contribution in [0, 0.1) is 11.3 Å². The smallest absolute Gasteiger partial charge is 0.0992 e. The van der Waals surface area contributed by atoms with E-state index >= 15 is 0 Å². The maximum absolute atomic E-state index is 9.19. The number of benzene rings is 1. The van der Waals surface area contributed by atoms with Gasteiger partial charge in [-0.05, 0) is 24.6 Å². The van der Waals surface area contributed by atoms with Crippen molar-refractivity contribution in [3.05, 3.63) is 33.8 Å². The molecule has 0 saturated carbocycles. The molecule has 102 valence electrons. The Morgan fingerprint density at radius 2 is 2.37 bits per heavy atom. The first-order chi connectivity index (χ1) is 9.13. The second kappa shape index (κ2) is 6.49. The van der Waals surface area contributed by atoms with Gasteiger partial charge in [-0.1, -0.05) is 22.0 Å². The van der Waals surface area contributed by atoms with Crippen LogP contribution in [0.1, 0.15) is 18.1 Å². The van der Waals surface area contributed by atoms with Crippen molar-refractivity contribution in [3.8, 4) is 6.07 Å². The fourth-order valence-corrected chi connectivity index (χ4v) is 2.67. The van der Waals surface area contributed by atoms with Crippen molar-refractivity contribution in [2.45, 2.75) is 25.6 Å². The second-order valence-electron chi connectivity index (χ2n) is 4.83. The minimum absolute atomic E-state index is 0.0533. The highest BCUT2D eigenvalue weighted by Gasteiger charge is 2.25. The number of hydrogen-bond acceptors (Lipinski definition) is 4. The van der Waals surface area contributed by atoms with Gasteiger partial charge in [-0.3, -0.25) is 4.90 Å². The Morgan fingerprint density at radius 1 is 1.58 bits per heavy atom. The maximum atomic E-state index is 9.19. The van der Waals surface area contributed by atoms with E-state index in [0.29, 0.717) is 18.2 Å². The molecule has 0 bridgehead atoms. The third-order valence-corrected chi connectivity index (χ3v) is 4.13. The van der Waals surface area contributed by atoms with E-state index in [1.807, 2.05) is 18.2 Å². The van der Waals surface area contributed by atoms with Gasteiger partial charge in [-0.2, -0.15) is 5.26 Å². The largest absolute Gasteiger partial charge is 0.394 e. The molecule has 0 aliphatic carbocycles. The number of aliphatic hydroxyl groups is 1. The summed E-state index contributed by atoms with van der Waals surface area (Å²) < 4.78 is 6.48. The first-order valence-corrected chi connectivity index (χ1v) is 7.08. The van der Waals surface area contributed by atoms with E-state index in [1.54, 1.807) is 0 Å². The fraction of sp³-hybridized carbons (Fsp3) is 0.500. The van der Waals surface area contributed by atoms with E-state index in [9.17, 15) is 5.11 Å². The van der Waals surface area contributed by atoms with Gasteiger partial charge in [0.25, 0.3) is 0 Å². The van der Waals surface area contributed by atoms with Crippen LogP contribution in [0.3, 0.4) is 0 Å². The van der Waals surface area contributed by atoms with Crippen LogP contribution >= 0.6 is 15.9 Å². The highest BCUT2D eigenvalue weighted by molar-refractivity contribution is 9.10. The van der Waals surface area contributed by atoms with Crippen molar-refractivity contribution >= 4 is 15.9 Å². The summed E-state index contributed by atoms with van der Waals surface area (Å²) in [6.45, 7) is 4.32. The van der Waals surface area contributed by atoms with Gasteiger partial charge < -0.3 is 9.84 Å². The standard InChI is InChI=1S/C14H17BrN2O2/c1-10-9-19-13(8-18)7-17(10)6-12-3-2-11(5-16)4-14(12)15/h2-4,10,13,18H,6-9H2,1H3/t10-,13+/m0/s1.